The van der Waals surface area contributed by atoms with Crippen molar-refractivity contribution in [2.24, 2.45) is 17.8 Å². The minimum Gasteiger partial charge on any atom is -0.497 e. The van der Waals surface area contributed by atoms with Crippen molar-refractivity contribution < 1.29 is 14.7 Å². The maximum atomic E-state index is 11.2. The van der Waals surface area contributed by atoms with Crippen LogP contribution < -0.4 is 9.64 Å². The number of aliphatic hydroxyl groups excluding tert-OH is 1. The van der Waals surface area contributed by atoms with Crippen molar-refractivity contribution in [1.29, 1.82) is 0 Å². The predicted molar refractivity (Wildman–Crippen MR) is 94.1 cm³/mol. The van der Waals surface area contributed by atoms with Crippen molar-refractivity contribution >= 4 is 10.9 Å². The van der Waals surface area contributed by atoms with Gasteiger partial charge in [0.25, 0.3) is 0 Å². The van der Waals surface area contributed by atoms with Crippen molar-refractivity contribution in [3.63, 3.8) is 0 Å². The number of nitrogens with zero attached hydrogens (tertiary/aromatic N) is 1. The van der Waals surface area contributed by atoms with Crippen LogP contribution in [0.15, 0.2) is 43.1 Å². The van der Waals surface area contributed by atoms with E-state index >= 15 is 0 Å². The van der Waals surface area contributed by atoms with Crippen molar-refractivity contribution in [3.05, 3.63) is 48.7 Å². The second-order valence-corrected chi connectivity index (χ2v) is 7.15. The monoisotopic (exact) mass is 325 g/mol. The zero-order valence-corrected chi connectivity index (χ0v) is 14.1. The summed E-state index contributed by atoms with van der Waals surface area (Å²) >= 11 is 0. The standard InChI is InChI=1S/C20H24N2O2/c1-3-13-11-22-9-7-15(13)18(12-22)20(23)16-6-8-21-19-5-4-14(24-2)10-17(16)19/h3-6,8,10,13,15,18,20,23H,1,7,9,11-12H2,2H3/p+1/t13-,15-,18+,20-/m1/s1. The molecule has 2 aromatic rings. The third kappa shape index (κ3) is 2.50. The maximum absolute atomic E-state index is 11.2. The molecule has 4 heteroatoms. The van der Waals surface area contributed by atoms with Gasteiger partial charge in [-0.25, -0.2) is 0 Å². The van der Waals surface area contributed by atoms with Crippen LogP contribution in [-0.2, 0) is 0 Å². The summed E-state index contributed by atoms with van der Waals surface area (Å²) in [5, 5.41) is 12.2. The number of methoxy groups -OCH3 is 1. The predicted octanol–water partition coefficient (Wildman–Crippen LogP) is 1.61. The number of piperidine rings is 3. The van der Waals surface area contributed by atoms with Crippen LogP contribution >= 0.6 is 0 Å². The van der Waals surface area contributed by atoms with E-state index in [2.05, 4.69) is 17.6 Å². The van der Waals surface area contributed by atoms with E-state index in [1.807, 2.05) is 24.3 Å². The molecule has 0 spiro atoms. The zero-order chi connectivity index (χ0) is 16.7. The number of pyridine rings is 1. The molecular formula is C20H25N2O2+. The number of hydrogen-bond acceptors (Lipinski definition) is 3. The normalized spacial score (nSPS) is 30.2. The quantitative estimate of drug-likeness (QED) is 0.840. The van der Waals surface area contributed by atoms with E-state index in [9.17, 15) is 5.11 Å². The second-order valence-electron chi connectivity index (χ2n) is 7.15. The lowest BCUT2D eigenvalue weighted by Gasteiger charge is -2.47. The molecule has 0 amide bonds. The summed E-state index contributed by atoms with van der Waals surface area (Å²) in [7, 11) is 1.67. The highest BCUT2D eigenvalue weighted by molar-refractivity contribution is 5.83. The molecule has 126 valence electrons. The average molecular weight is 325 g/mol. The molecule has 0 saturated carbocycles. The molecule has 3 fully saturated rings. The van der Waals surface area contributed by atoms with E-state index in [1.165, 1.54) is 19.5 Å². The molecule has 1 unspecified atom stereocenters. The van der Waals surface area contributed by atoms with Crippen LogP contribution in [0.5, 0.6) is 5.75 Å². The fraction of sp³-hybridized carbons (Fsp3) is 0.450. The SMILES string of the molecule is C=C[C@@H]1C[NH+]2CC[C@H]1[C@@H]([C@H](O)c1ccnc3ccc(OC)cc13)C2. The molecule has 2 N–H and O–H groups in total. The van der Waals surface area contributed by atoms with Gasteiger partial charge in [-0.1, -0.05) is 6.08 Å². The van der Waals surface area contributed by atoms with Gasteiger partial charge in [0.15, 0.2) is 0 Å². The Hall–Kier alpha value is -1.91. The highest BCUT2D eigenvalue weighted by atomic mass is 16.5. The summed E-state index contributed by atoms with van der Waals surface area (Å²) in [4.78, 5) is 6.04. The summed E-state index contributed by atoms with van der Waals surface area (Å²) in [6.45, 7) is 7.46. The van der Waals surface area contributed by atoms with Gasteiger partial charge in [-0.05, 0) is 35.7 Å². The van der Waals surface area contributed by atoms with Crippen LogP contribution in [0.2, 0.25) is 0 Å². The van der Waals surface area contributed by atoms with Crippen molar-refractivity contribution in [1.82, 2.24) is 4.98 Å². The first-order chi connectivity index (χ1) is 11.7. The van der Waals surface area contributed by atoms with Gasteiger partial charge in [-0.15, -0.1) is 6.58 Å². The minimum absolute atomic E-state index is 0.280. The lowest BCUT2D eigenvalue weighted by molar-refractivity contribution is -0.925. The molecule has 4 heterocycles. The molecular weight excluding hydrogens is 300 g/mol. The van der Waals surface area contributed by atoms with E-state index in [0.717, 1.165) is 28.8 Å². The molecule has 24 heavy (non-hydrogen) atoms. The number of rotatable bonds is 4. The lowest BCUT2D eigenvalue weighted by atomic mass is 9.69. The lowest BCUT2D eigenvalue weighted by Crippen LogP contribution is -3.17. The summed E-state index contributed by atoms with van der Waals surface area (Å²) in [6, 6.07) is 7.82. The smallest absolute Gasteiger partial charge is 0.119 e. The van der Waals surface area contributed by atoms with Gasteiger partial charge in [0, 0.05) is 29.8 Å². The Morgan fingerprint density at radius 2 is 2.25 bits per heavy atom. The minimum atomic E-state index is -0.467. The number of benzene rings is 1. The summed E-state index contributed by atoms with van der Waals surface area (Å²) in [5.41, 5.74) is 1.88. The maximum Gasteiger partial charge on any atom is 0.119 e. The Labute approximate surface area is 142 Å². The van der Waals surface area contributed by atoms with E-state index in [-0.39, 0.29) is 5.92 Å². The molecule has 2 bridgehead atoms. The molecule has 1 aromatic heterocycles. The molecule has 0 radical (unpaired) electrons. The number of aromatic nitrogens is 1. The number of aliphatic hydroxyl groups is 1. The zero-order valence-electron chi connectivity index (χ0n) is 14.1. The van der Waals surface area contributed by atoms with Crippen molar-refractivity contribution in [3.8, 4) is 5.75 Å². The highest BCUT2D eigenvalue weighted by Crippen LogP contribution is 2.39. The van der Waals surface area contributed by atoms with Gasteiger partial charge < -0.3 is 14.7 Å². The molecule has 3 aliphatic heterocycles. The third-order valence-corrected chi connectivity index (χ3v) is 5.99. The Balaban J connectivity index is 1.73. The first kappa shape index (κ1) is 15.6. The van der Waals surface area contributed by atoms with Crippen LogP contribution in [0, 0.1) is 17.8 Å². The van der Waals surface area contributed by atoms with Crippen LogP contribution in [-0.4, -0.2) is 36.8 Å². The summed E-state index contributed by atoms with van der Waals surface area (Å²) < 4.78 is 5.36. The average Bonchev–Trinajstić information content (AvgIpc) is 2.66. The summed E-state index contributed by atoms with van der Waals surface area (Å²) in [5.74, 6) is 2.13. The van der Waals surface area contributed by atoms with E-state index < -0.39 is 6.10 Å². The van der Waals surface area contributed by atoms with Crippen molar-refractivity contribution in [2.45, 2.75) is 12.5 Å². The molecule has 0 aliphatic carbocycles. The number of hydrogen-bond donors (Lipinski definition) is 2. The second kappa shape index (κ2) is 6.19. The largest absolute Gasteiger partial charge is 0.497 e. The van der Waals surface area contributed by atoms with Crippen LogP contribution in [0.3, 0.4) is 0 Å². The van der Waals surface area contributed by atoms with Gasteiger partial charge in [0.2, 0.25) is 0 Å². The number of quaternary nitrogens is 1. The summed E-state index contributed by atoms with van der Waals surface area (Å²) in [6.07, 6.45) is 4.61. The van der Waals surface area contributed by atoms with E-state index in [1.54, 1.807) is 18.2 Å². The van der Waals surface area contributed by atoms with E-state index in [0.29, 0.717) is 11.8 Å². The van der Waals surface area contributed by atoms with Gasteiger partial charge >= 0.3 is 0 Å². The Morgan fingerprint density at radius 3 is 3.00 bits per heavy atom. The van der Waals surface area contributed by atoms with Crippen molar-refractivity contribution in [2.75, 3.05) is 26.7 Å². The van der Waals surface area contributed by atoms with Gasteiger partial charge in [0.1, 0.15) is 5.75 Å². The Morgan fingerprint density at radius 1 is 1.38 bits per heavy atom. The number of nitrogens with one attached hydrogen (secondary N) is 1. The molecule has 1 aromatic carbocycles. The van der Waals surface area contributed by atoms with Gasteiger partial charge in [-0.2, -0.15) is 0 Å². The molecule has 3 aliphatic rings. The first-order valence-corrected chi connectivity index (χ1v) is 8.78. The number of fused-ring (bicyclic) bond motifs is 4. The highest BCUT2D eigenvalue weighted by Gasteiger charge is 2.46. The van der Waals surface area contributed by atoms with Gasteiger partial charge in [-0.3, -0.25) is 4.98 Å². The van der Waals surface area contributed by atoms with Gasteiger partial charge in [0.05, 0.1) is 38.4 Å². The topological polar surface area (TPSA) is 46.8 Å². The molecule has 4 nitrogen and oxygen atoms in total. The Bertz CT molecular complexity index is 760. The molecule has 5 atom stereocenters. The molecule has 3 saturated heterocycles. The third-order valence-electron chi connectivity index (χ3n) is 5.99. The Kier molecular flexibility index (Phi) is 4.02. The van der Waals surface area contributed by atoms with Crippen LogP contribution in [0.1, 0.15) is 18.1 Å². The van der Waals surface area contributed by atoms with E-state index in [4.69, 9.17) is 4.74 Å². The fourth-order valence-corrected chi connectivity index (χ4v) is 4.74. The molecule has 5 rings (SSSR count). The number of ether oxygens (including phenoxy) is 1. The fourth-order valence-electron chi connectivity index (χ4n) is 4.74. The van der Waals surface area contributed by atoms with Crippen LogP contribution in [0.25, 0.3) is 10.9 Å². The first-order valence-electron chi connectivity index (χ1n) is 8.78. The van der Waals surface area contributed by atoms with Crippen LogP contribution in [0.4, 0.5) is 0 Å².